The maximum Gasteiger partial charge on any atom is -0.0248 e. The number of rotatable bonds is 2. The predicted molar refractivity (Wildman–Crippen MR) is 54.1 cm³/mol. The highest BCUT2D eigenvalue weighted by molar-refractivity contribution is 5.33. The van der Waals surface area contributed by atoms with Crippen LogP contribution in [0, 0.1) is 26.7 Å². The molecule has 0 spiro atoms. The molecule has 0 saturated carbocycles. The molecule has 65 valence electrons. The van der Waals surface area contributed by atoms with E-state index in [4.69, 9.17) is 0 Å². The van der Waals surface area contributed by atoms with Crippen molar-refractivity contribution in [3.05, 3.63) is 41.8 Å². The summed E-state index contributed by atoms with van der Waals surface area (Å²) >= 11 is 0. The molecule has 0 heterocycles. The Labute approximate surface area is 75.6 Å². The molecule has 1 aromatic rings. The SMILES string of the molecule is [CH2][C@@H](C)Cc1c(C)cccc1C. The summed E-state index contributed by atoms with van der Waals surface area (Å²) < 4.78 is 0. The third-order valence-corrected chi connectivity index (χ3v) is 2.20. The summed E-state index contributed by atoms with van der Waals surface area (Å²) in [5.74, 6) is 0.504. The summed E-state index contributed by atoms with van der Waals surface area (Å²) in [5.41, 5.74) is 4.26. The number of aryl methyl sites for hydroxylation is 2. The van der Waals surface area contributed by atoms with Crippen LogP contribution in [0.15, 0.2) is 18.2 Å². The minimum atomic E-state index is 0.504. The summed E-state index contributed by atoms with van der Waals surface area (Å²) in [6.45, 7) is 10.5. The highest BCUT2D eigenvalue weighted by atomic mass is 14.1. The van der Waals surface area contributed by atoms with Gasteiger partial charge >= 0.3 is 0 Å². The van der Waals surface area contributed by atoms with E-state index in [-0.39, 0.29) is 0 Å². The fraction of sp³-hybridized carbons (Fsp3) is 0.417. The van der Waals surface area contributed by atoms with Crippen LogP contribution in [0.2, 0.25) is 0 Å². The topological polar surface area (TPSA) is 0 Å². The molecule has 0 aliphatic carbocycles. The monoisotopic (exact) mass is 161 g/mol. The van der Waals surface area contributed by atoms with Crippen LogP contribution in [0.1, 0.15) is 23.6 Å². The smallest absolute Gasteiger partial charge is 0.0248 e. The van der Waals surface area contributed by atoms with Crippen LogP contribution >= 0.6 is 0 Å². The Balaban J connectivity index is 2.96. The first-order chi connectivity index (χ1) is 5.61. The Bertz CT molecular complexity index is 238. The van der Waals surface area contributed by atoms with E-state index in [9.17, 15) is 0 Å². The van der Waals surface area contributed by atoms with Crippen molar-refractivity contribution in [3.8, 4) is 0 Å². The fourth-order valence-electron chi connectivity index (χ4n) is 1.52. The molecule has 0 amide bonds. The van der Waals surface area contributed by atoms with Crippen LogP contribution in [0.25, 0.3) is 0 Å². The van der Waals surface area contributed by atoms with Gasteiger partial charge in [-0.05, 0) is 42.9 Å². The molecule has 0 aromatic heterocycles. The Hall–Kier alpha value is -0.780. The third kappa shape index (κ3) is 2.10. The van der Waals surface area contributed by atoms with Crippen LogP contribution < -0.4 is 0 Å². The first-order valence-electron chi connectivity index (χ1n) is 4.49. The van der Waals surface area contributed by atoms with Gasteiger partial charge in [0.15, 0.2) is 0 Å². The highest BCUT2D eigenvalue weighted by Crippen LogP contribution is 2.16. The van der Waals surface area contributed by atoms with Gasteiger partial charge in [-0.1, -0.05) is 32.0 Å². The lowest BCUT2D eigenvalue weighted by molar-refractivity contribution is 0.712. The van der Waals surface area contributed by atoms with Crippen LogP contribution in [-0.2, 0) is 6.42 Å². The van der Waals surface area contributed by atoms with Gasteiger partial charge in [0.1, 0.15) is 0 Å². The lowest BCUT2D eigenvalue weighted by Crippen LogP contribution is -1.99. The molecule has 1 rings (SSSR count). The van der Waals surface area contributed by atoms with E-state index in [0.717, 1.165) is 6.42 Å². The maximum atomic E-state index is 4.02. The molecule has 0 heteroatoms. The second-order valence-corrected chi connectivity index (χ2v) is 3.68. The number of hydrogen-bond donors (Lipinski definition) is 0. The van der Waals surface area contributed by atoms with Crippen molar-refractivity contribution < 1.29 is 0 Å². The number of benzene rings is 1. The van der Waals surface area contributed by atoms with Gasteiger partial charge in [0.2, 0.25) is 0 Å². The summed E-state index contributed by atoms with van der Waals surface area (Å²) in [6.07, 6.45) is 1.10. The predicted octanol–water partition coefficient (Wildman–Crippen LogP) is 3.32. The largest absolute Gasteiger partial charge is 0.0622 e. The molecule has 0 N–H and O–H groups in total. The minimum Gasteiger partial charge on any atom is -0.0622 e. The van der Waals surface area contributed by atoms with Gasteiger partial charge < -0.3 is 0 Å². The summed E-state index contributed by atoms with van der Waals surface area (Å²) in [6, 6.07) is 6.46. The van der Waals surface area contributed by atoms with Crippen molar-refractivity contribution in [2.24, 2.45) is 5.92 Å². The summed E-state index contributed by atoms with van der Waals surface area (Å²) in [5, 5.41) is 0. The van der Waals surface area contributed by atoms with Crippen LogP contribution in [0.4, 0.5) is 0 Å². The van der Waals surface area contributed by atoms with E-state index in [1.54, 1.807) is 0 Å². The fourth-order valence-corrected chi connectivity index (χ4v) is 1.52. The average Bonchev–Trinajstić information content (AvgIpc) is 1.97. The quantitative estimate of drug-likeness (QED) is 0.624. The lowest BCUT2D eigenvalue weighted by Gasteiger charge is -2.11. The first kappa shape index (κ1) is 9.31. The van der Waals surface area contributed by atoms with Gasteiger partial charge in [-0.15, -0.1) is 0 Å². The molecule has 0 nitrogen and oxygen atoms in total. The zero-order valence-corrected chi connectivity index (χ0v) is 8.22. The molecule has 0 fully saturated rings. The molecule has 0 aliphatic rings. The van der Waals surface area contributed by atoms with Gasteiger partial charge in [-0.25, -0.2) is 0 Å². The Kier molecular flexibility index (Phi) is 2.91. The van der Waals surface area contributed by atoms with Crippen LogP contribution in [0.5, 0.6) is 0 Å². The standard InChI is InChI=1S/C12H17/c1-9(2)8-12-10(3)6-5-7-11(12)4/h5-7,9H,1,8H2,2-4H3/t9-/m0/s1. The lowest BCUT2D eigenvalue weighted by atomic mass is 9.95. The molecular weight excluding hydrogens is 144 g/mol. The molecular formula is C12H17. The van der Waals surface area contributed by atoms with Crippen molar-refractivity contribution >= 4 is 0 Å². The second kappa shape index (κ2) is 3.75. The van der Waals surface area contributed by atoms with E-state index in [0.29, 0.717) is 5.92 Å². The number of hydrogen-bond acceptors (Lipinski definition) is 0. The first-order valence-corrected chi connectivity index (χ1v) is 4.49. The van der Waals surface area contributed by atoms with E-state index < -0.39 is 0 Å². The summed E-state index contributed by atoms with van der Waals surface area (Å²) in [4.78, 5) is 0. The van der Waals surface area contributed by atoms with Crippen molar-refractivity contribution in [1.82, 2.24) is 0 Å². The Morgan fingerprint density at radius 2 is 1.75 bits per heavy atom. The van der Waals surface area contributed by atoms with E-state index in [2.05, 4.69) is 45.9 Å². The maximum absolute atomic E-state index is 4.02. The molecule has 0 aliphatic heterocycles. The van der Waals surface area contributed by atoms with Gasteiger partial charge in [-0.3, -0.25) is 0 Å². The zero-order valence-electron chi connectivity index (χ0n) is 8.22. The normalized spacial score (nSPS) is 10.8. The average molecular weight is 161 g/mol. The van der Waals surface area contributed by atoms with Crippen molar-refractivity contribution in [2.75, 3.05) is 0 Å². The molecule has 0 saturated heterocycles. The Morgan fingerprint density at radius 1 is 1.25 bits per heavy atom. The van der Waals surface area contributed by atoms with Crippen molar-refractivity contribution in [2.45, 2.75) is 27.2 Å². The highest BCUT2D eigenvalue weighted by Gasteiger charge is 2.03. The molecule has 1 aromatic carbocycles. The van der Waals surface area contributed by atoms with Crippen molar-refractivity contribution in [1.29, 1.82) is 0 Å². The van der Waals surface area contributed by atoms with Crippen LogP contribution in [0.3, 0.4) is 0 Å². The van der Waals surface area contributed by atoms with Gasteiger partial charge in [0.05, 0.1) is 0 Å². The molecule has 0 bridgehead atoms. The van der Waals surface area contributed by atoms with Crippen LogP contribution in [-0.4, -0.2) is 0 Å². The molecule has 1 radical (unpaired) electrons. The second-order valence-electron chi connectivity index (χ2n) is 3.68. The van der Waals surface area contributed by atoms with E-state index in [1.807, 2.05) is 0 Å². The minimum absolute atomic E-state index is 0.504. The third-order valence-electron chi connectivity index (χ3n) is 2.20. The van der Waals surface area contributed by atoms with Gasteiger partial charge in [0.25, 0.3) is 0 Å². The van der Waals surface area contributed by atoms with E-state index >= 15 is 0 Å². The molecule has 0 unspecified atom stereocenters. The summed E-state index contributed by atoms with van der Waals surface area (Å²) in [7, 11) is 0. The van der Waals surface area contributed by atoms with Gasteiger partial charge in [-0.2, -0.15) is 0 Å². The van der Waals surface area contributed by atoms with Crippen molar-refractivity contribution in [3.63, 3.8) is 0 Å². The van der Waals surface area contributed by atoms with Gasteiger partial charge in [0, 0.05) is 0 Å². The molecule has 12 heavy (non-hydrogen) atoms. The van der Waals surface area contributed by atoms with E-state index in [1.165, 1.54) is 16.7 Å². The molecule has 1 atom stereocenters. The Morgan fingerprint density at radius 3 is 2.17 bits per heavy atom. The zero-order chi connectivity index (χ0) is 9.14.